The van der Waals surface area contributed by atoms with Crippen LogP contribution < -0.4 is 10.1 Å². The highest BCUT2D eigenvalue weighted by Crippen LogP contribution is 2.37. The fourth-order valence-electron chi connectivity index (χ4n) is 5.66. The van der Waals surface area contributed by atoms with E-state index in [2.05, 4.69) is 17.3 Å². The summed E-state index contributed by atoms with van der Waals surface area (Å²) in [5, 5.41) is 18.1. The van der Waals surface area contributed by atoms with Crippen molar-refractivity contribution < 1.29 is 31.4 Å². The molecule has 1 aromatic heterocycles. The van der Waals surface area contributed by atoms with E-state index in [1.807, 2.05) is 16.9 Å². The normalized spacial score (nSPS) is 19.9. The predicted octanol–water partition coefficient (Wildman–Crippen LogP) is 2.71. The lowest BCUT2D eigenvalue weighted by molar-refractivity contribution is -0.0312. The van der Waals surface area contributed by atoms with Gasteiger partial charge in [0.05, 0.1) is 28.2 Å². The number of hydrogen-bond acceptors (Lipinski definition) is 9. The molecular weight excluding hydrogens is 592 g/mol. The molecule has 1 spiro atoms. The number of hydrogen-bond donors (Lipinski definition) is 2. The van der Waals surface area contributed by atoms with E-state index < -0.39 is 31.6 Å². The van der Waals surface area contributed by atoms with Gasteiger partial charge in [-0.15, -0.1) is 0 Å². The Labute approximate surface area is 253 Å². The number of sulfonamides is 1. The highest BCUT2D eigenvalue weighted by atomic mass is 32.2. The first kappa shape index (κ1) is 31.6. The summed E-state index contributed by atoms with van der Waals surface area (Å²) in [7, 11) is -7.01. The molecule has 2 aliphatic heterocycles. The van der Waals surface area contributed by atoms with Crippen LogP contribution in [0.2, 0.25) is 0 Å². The van der Waals surface area contributed by atoms with E-state index in [9.17, 15) is 21.9 Å². The smallest absolute Gasteiger partial charge is 0.243 e. The largest absolute Gasteiger partial charge is 0.491 e. The molecule has 2 aliphatic rings. The number of aryl methyl sites for hydroxylation is 1. The highest BCUT2D eigenvalue weighted by Gasteiger charge is 2.44. The van der Waals surface area contributed by atoms with Crippen molar-refractivity contribution in [1.82, 2.24) is 19.4 Å². The molecule has 2 N–H and O–H groups in total. The first-order valence-electron chi connectivity index (χ1n) is 14.6. The van der Waals surface area contributed by atoms with Crippen LogP contribution in [-0.4, -0.2) is 92.9 Å². The van der Waals surface area contributed by atoms with Crippen LogP contribution in [0.4, 0.5) is 0 Å². The third-order valence-corrected chi connectivity index (χ3v) is 11.1. The van der Waals surface area contributed by atoms with Crippen molar-refractivity contribution in [3.63, 3.8) is 0 Å². The average molecular weight is 633 g/mol. The van der Waals surface area contributed by atoms with E-state index >= 15 is 0 Å². The number of nitrogens with zero attached hydrogens (tertiary/aromatic N) is 3. The zero-order valence-corrected chi connectivity index (χ0v) is 26.2. The Bertz CT molecular complexity index is 1620. The van der Waals surface area contributed by atoms with Crippen LogP contribution in [0.15, 0.2) is 70.7 Å². The van der Waals surface area contributed by atoms with Crippen LogP contribution in [0.5, 0.6) is 5.75 Å². The molecule has 2 saturated heterocycles. The summed E-state index contributed by atoms with van der Waals surface area (Å²) in [4.78, 5) is 0.435. The molecule has 0 radical (unpaired) electrons. The van der Waals surface area contributed by atoms with Crippen molar-refractivity contribution in [1.29, 1.82) is 0 Å². The molecule has 11 nitrogen and oxygen atoms in total. The average Bonchev–Trinajstić information content (AvgIpc) is 3.62. The summed E-state index contributed by atoms with van der Waals surface area (Å²) in [6.07, 6.45) is 6.91. The number of aliphatic hydroxyl groups is 1. The van der Waals surface area contributed by atoms with Crippen LogP contribution in [0, 0.1) is 0 Å². The minimum absolute atomic E-state index is 0.00797. The Morgan fingerprint density at radius 3 is 2.58 bits per heavy atom. The summed E-state index contributed by atoms with van der Waals surface area (Å²) < 4.78 is 65.8. The zero-order valence-electron chi connectivity index (χ0n) is 24.6. The van der Waals surface area contributed by atoms with E-state index in [0.29, 0.717) is 38.3 Å². The highest BCUT2D eigenvalue weighted by molar-refractivity contribution is 7.90. The Hall–Kier alpha value is -2.81. The van der Waals surface area contributed by atoms with Gasteiger partial charge in [0.25, 0.3) is 0 Å². The number of benzene rings is 2. The molecule has 0 amide bonds. The number of aromatic nitrogens is 2. The maximum atomic E-state index is 13.5. The second-order valence-electron chi connectivity index (χ2n) is 11.4. The van der Waals surface area contributed by atoms with E-state index in [1.165, 1.54) is 12.1 Å². The monoisotopic (exact) mass is 632 g/mol. The SMILES string of the molecule is CCCn1cc(-c2cccc(S(=O)(=O)N3CCC4(CC3)CC(NCC(O)COc3cccc(S(C)(=O)=O)c3)CO4)c2)cn1. The molecule has 2 fully saturated rings. The summed E-state index contributed by atoms with van der Waals surface area (Å²) in [5.74, 6) is 0.377. The van der Waals surface area contributed by atoms with Gasteiger partial charge < -0.3 is 19.9 Å². The summed E-state index contributed by atoms with van der Waals surface area (Å²) in [6, 6.07) is 13.2. The third-order valence-electron chi connectivity index (χ3n) is 8.05. The Morgan fingerprint density at radius 2 is 1.84 bits per heavy atom. The number of piperidine rings is 1. The summed E-state index contributed by atoms with van der Waals surface area (Å²) in [6.45, 7) is 4.40. The van der Waals surface area contributed by atoms with Crippen LogP contribution in [0.1, 0.15) is 32.6 Å². The van der Waals surface area contributed by atoms with Gasteiger partial charge in [-0.1, -0.05) is 25.1 Å². The number of rotatable bonds is 12. The van der Waals surface area contributed by atoms with E-state index in [1.54, 1.807) is 40.8 Å². The van der Waals surface area contributed by atoms with Crippen molar-refractivity contribution in [2.75, 3.05) is 39.1 Å². The Morgan fingerprint density at radius 1 is 1.09 bits per heavy atom. The molecule has 3 aromatic rings. The van der Waals surface area contributed by atoms with Crippen molar-refractivity contribution in [3.05, 3.63) is 60.9 Å². The first-order chi connectivity index (χ1) is 20.5. The lowest BCUT2D eigenvalue weighted by Gasteiger charge is -2.38. The van der Waals surface area contributed by atoms with Crippen LogP contribution >= 0.6 is 0 Å². The molecule has 13 heteroatoms. The molecule has 2 aromatic carbocycles. The fraction of sp³-hybridized carbons (Fsp3) is 0.500. The molecule has 3 heterocycles. The molecule has 2 unspecified atom stereocenters. The molecule has 0 aliphatic carbocycles. The van der Waals surface area contributed by atoms with Gasteiger partial charge in [0.15, 0.2) is 9.84 Å². The summed E-state index contributed by atoms with van der Waals surface area (Å²) >= 11 is 0. The van der Waals surface area contributed by atoms with Crippen molar-refractivity contribution >= 4 is 19.9 Å². The molecule has 0 saturated carbocycles. The van der Waals surface area contributed by atoms with Gasteiger partial charge in [0.1, 0.15) is 18.5 Å². The van der Waals surface area contributed by atoms with Crippen molar-refractivity contribution in [3.8, 4) is 16.9 Å². The molecule has 234 valence electrons. The first-order valence-corrected chi connectivity index (χ1v) is 17.9. The van der Waals surface area contributed by atoms with Crippen LogP contribution in [0.25, 0.3) is 11.1 Å². The van der Waals surface area contributed by atoms with Gasteiger partial charge in [-0.05, 0) is 61.6 Å². The third kappa shape index (κ3) is 7.65. The van der Waals surface area contributed by atoms with Crippen LogP contribution in [0.3, 0.4) is 0 Å². The molecule has 0 bridgehead atoms. The molecule has 2 atom stereocenters. The molecule has 5 rings (SSSR count). The van der Waals surface area contributed by atoms with Gasteiger partial charge >= 0.3 is 0 Å². The fourth-order valence-corrected chi connectivity index (χ4v) is 7.80. The number of ether oxygens (including phenoxy) is 2. The van der Waals surface area contributed by atoms with E-state index in [-0.39, 0.29) is 29.0 Å². The number of nitrogens with one attached hydrogen (secondary N) is 1. The minimum atomic E-state index is -3.66. The van der Waals surface area contributed by atoms with Gasteiger partial charge in [-0.25, -0.2) is 16.8 Å². The number of sulfone groups is 1. The number of aliphatic hydroxyl groups excluding tert-OH is 1. The van der Waals surface area contributed by atoms with Gasteiger partial charge in [-0.3, -0.25) is 4.68 Å². The predicted molar refractivity (Wildman–Crippen MR) is 162 cm³/mol. The standard InChI is InChI=1S/C30H40N4O7S2/c1-3-12-33-20-24(18-32-33)23-6-4-9-29(15-23)43(38,39)34-13-10-30(11-14-34)17-25(21-41-30)31-19-26(35)22-40-27-7-5-8-28(16-27)42(2,36)37/h4-9,15-16,18,20,25-26,31,35H,3,10-14,17,19,21-22H2,1-2H3. The minimum Gasteiger partial charge on any atom is -0.491 e. The quantitative estimate of drug-likeness (QED) is 0.309. The van der Waals surface area contributed by atoms with E-state index in [4.69, 9.17) is 9.47 Å². The summed E-state index contributed by atoms with van der Waals surface area (Å²) in [5.41, 5.74) is 1.31. The lowest BCUT2D eigenvalue weighted by atomic mass is 9.88. The Balaban J connectivity index is 1.10. The molecular formula is C30H40N4O7S2. The second kappa shape index (κ2) is 13.0. The lowest BCUT2D eigenvalue weighted by Crippen LogP contribution is -2.47. The maximum Gasteiger partial charge on any atom is 0.243 e. The van der Waals surface area contributed by atoms with E-state index in [0.717, 1.165) is 36.8 Å². The Kier molecular flexibility index (Phi) is 9.59. The van der Waals surface area contributed by atoms with Gasteiger partial charge in [-0.2, -0.15) is 9.40 Å². The topological polar surface area (TPSA) is 140 Å². The maximum absolute atomic E-state index is 13.5. The second-order valence-corrected chi connectivity index (χ2v) is 15.4. The zero-order chi connectivity index (χ0) is 30.7. The van der Waals surface area contributed by atoms with Crippen LogP contribution in [-0.2, 0) is 31.1 Å². The van der Waals surface area contributed by atoms with Gasteiger partial charge in [0.2, 0.25) is 10.0 Å². The van der Waals surface area contributed by atoms with Crippen molar-refractivity contribution in [2.24, 2.45) is 0 Å². The van der Waals surface area contributed by atoms with Gasteiger partial charge in [0, 0.05) is 50.2 Å². The van der Waals surface area contributed by atoms with Crippen molar-refractivity contribution in [2.45, 2.75) is 66.7 Å². The molecule has 43 heavy (non-hydrogen) atoms.